The van der Waals surface area contributed by atoms with E-state index in [1.54, 1.807) is 0 Å². The highest BCUT2D eigenvalue weighted by Crippen LogP contribution is 2.18. The molecule has 0 spiro atoms. The van der Waals surface area contributed by atoms with Gasteiger partial charge in [-0.1, -0.05) is 20.3 Å². The largest absolute Gasteiger partial charge is 0.425 e. The number of rotatable bonds is 3. The normalized spacial score (nSPS) is 13.4. The second-order valence-corrected chi connectivity index (χ2v) is 2.85. The van der Waals surface area contributed by atoms with Crippen LogP contribution in [0.4, 0.5) is 0 Å². The summed E-state index contributed by atoms with van der Waals surface area (Å²) < 4.78 is 5.28. The number of hydrogen-bond donors (Lipinski definition) is 0. The first-order valence-corrected chi connectivity index (χ1v) is 4.04. The van der Waals surface area contributed by atoms with Crippen molar-refractivity contribution in [1.29, 1.82) is 0 Å². The second kappa shape index (κ2) is 3.51. The molecule has 1 heterocycles. The molecule has 0 N–H and O–H groups in total. The van der Waals surface area contributed by atoms with Crippen molar-refractivity contribution in [3.63, 3.8) is 0 Å². The van der Waals surface area contributed by atoms with Crippen LogP contribution in [0.25, 0.3) is 0 Å². The van der Waals surface area contributed by atoms with Crippen molar-refractivity contribution in [3.8, 4) is 0 Å². The molecule has 0 fully saturated rings. The van der Waals surface area contributed by atoms with Crippen LogP contribution in [-0.2, 0) is 0 Å². The zero-order valence-electron chi connectivity index (χ0n) is 7.29. The zero-order chi connectivity index (χ0) is 8.27. The highest BCUT2D eigenvalue weighted by molar-refractivity contribution is 4.87. The topological polar surface area (TPSA) is 38.9 Å². The van der Waals surface area contributed by atoms with Crippen molar-refractivity contribution in [2.75, 3.05) is 0 Å². The summed E-state index contributed by atoms with van der Waals surface area (Å²) in [5, 5.41) is 7.72. The van der Waals surface area contributed by atoms with Gasteiger partial charge >= 0.3 is 0 Å². The molecule has 1 atom stereocenters. The third kappa shape index (κ3) is 2.03. The molecule has 0 bridgehead atoms. The molecule has 3 nitrogen and oxygen atoms in total. The highest BCUT2D eigenvalue weighted by atomic mass is 16.4. The van der Waals surface area contributed by atoms with E-state index >= 15 is 0 Å². The lowest BCUT2D eigenvalue weighted by atomic mass is 10.1. The second-order valence-electron chi connectivity index (χ2n) is 2.85. The Labute approximate surface area is 66.8 Å². The maximum absolute atomic E-state index is 5.28. The number of aryl methyl sites for hydroxylation is 1. The van der Waals surface area contributed by atoms with E-state index in [9.17, 15) is 0 Å². The molecule has 1 rings (SSSR count). The van der Waals surface area contributed by atoms with Crippen LogP contribution in [0.1, 0.15) is 44.4 Å². The van der Waals surface area contributed by atoms with Crippen LogP contribution in [0.3, 0.4) is 0 Å². The predicted octanol–water partition coefficient (Wildman–Crippen LogP) is 2.28. The minimum Gasteiger partial charge on any atom is -0.425 e. The van der Waals surface area contributed by atoms with Gasteiger partial charge in [-0.3, -0.25) is 0 Å². The summed E-state index contributed by atoms with van der Waals surface area (Å²) in [6.45, 7) is 6.07. The average Bonchev–Trinajstić information content (AvgIpc) is 2.36. The minimum absolute atomic E-state index is 0.404. The predicted molar refractivity (Wildman–Crippen MR) is 42.4 cm³/mol. The van der Waals surface area contributed by atoms with E-state index in [0.717, 1.165) is 18.7 Å². The lowest BCUT2D eigenvalue weighted by Crippen LogP contribution is -1.92. The molecule has 1 aromatic heterocycles. The van der Waals surface area contributed by atoms with E-state index in [2.05, 4.69) is 24.0 Å². The van der Waals surface area contributed by atoms with Gasteiger partial charge in [0.1, 0.15) is 0 Å². The Hall–Kier alpha value is -0.860. The monoisotopic (exact) mass is 154 g/mol. The first kappa shape index (κ1) is 8.24. The van der Waals surface area contributed by atoms with E-state index in [1.807, 2.05) is 6.92 Å². The van der Waals surface area contributed by atoms with E-state index in [0.29, 0.717) is 11.8 Å². The van der Waals surface area contributed by atoms with E-state index in [1.165, 1.54) is 0 Å². The third-order valence-electron chi connectivity index (χ3n) is 1.68. The molecule has 0 saturated carbocycles. The molecule has 0 aromatic carbocycles. The molecule has 62 valence electrons. The fourth-order valence-electron chi connectivity index (χ4n) is 1.07. The zero-order valence-corrected chi connectivity index (χ0v) is 7.29. The molecule has 0 aliphatic heterocycles. The Morgan fingerprint density at radius 2 is 2.18 bits per heavy atom. The summed E-state index contributed by atoms with van der Waals surface area (Å²) in [6, 6.07) is 0. The van der Waals surface area contributed by atoms with Gasteiger partial charge in [0, 0.05) is 12.8 Å². The fraction of sp³-hybridized carbons (Fsp3) is 0.750. The summed E-state index contributed by atoms with van der Waals surface area (Å²) in [4.78, 5) is 0. The van der Waals surface area contributed by atoms with Crippen molar-refractivity contribution in [2.45, 2.75) is 39.5 Å². The number of aromatic nitrogens is 2. The molecule has 3 heteroatoms. The van der Waals surface area contributed by atoms with Crippen LogP contribution in [-0.4, -0.2) is 10.2 Å². The van der Waals surface area contributed by atoms with Crippen LogP contribution >= 0.6 is 0 Å². The lowest BCUT2D eigenvalue weighted by molar-refractivity contribution is 0.425. The van der Waals surface area contributed by atoms with Gasteiger partial charge in [-0.25, -0.2) is 0 Å². The molecule has 1 aromatic rings. The van der Waals surface area contributed by atoms with Crippen molar-refractivity contribution >= 4 is 0 Å². The Kier molecular flexibility index (Phi) is 2.63. The van der Waals surface area contributed by atoms with Gasteiger partial charge in [-0.2, -0.15) is 0 Å². The maximum Gasteiger partial charge on any atom is 0.219 e. The van der Waals surface area contributed by atoms with E-state index in [-0.39, 0.29) is 0 Å². The first-order chi connectivity index (χ1) is 5.24. The van der Waals surface area contributed by atoms with Crippen molar-refractivity contribution in [1.82, 2.24) is 10.2 Å². The molecule has 11 heavy (non-hydrogen) atoms. The standard InChI is InChI=1S/C8H14N2O/c1-4-5-6(2)8-10-9-7(3)11-8/h6H,4-5H2,1-3H3. The number of hydrogen-bond acceptors (Lipinski definition) is 3. The SMILES string of the molecule is CCCC(C)c1nnc(C)o1. The molecule has 0 radical (unpaired) electrons. The maximum atomic E-state index is 5.28. The van der Waals surface area contributed by atoms with Gasteiger partial charge < -0.3 is 4.42 Å². The van der Waals surface area contributed by atoms with Crippen molar-refractivity contribution in [3.05, 3.63) is 11.8 Å². The van der Waals surface area contributed by atoms with Crippen LogP contribution in [0.2, 0.25) is 0 Å². The van der Waals surface area contributed by atoms with Crippen LogP contribution in [0.15, 0.2) is 4.42 Å². The summed E-state index contributed by atoms with van der Waals surface area (Å²) >= 11 is 0. The summed E-state index contributed by atoms with van der Waals surface area (Å²) in [5.74, 6) is 1.83. The molecule has 1 unspecified atom stereocenters. The molecule has 0 aliphatic carbocycles. The third-order valence-corrected chi connectivity index (χ3v) is 1.68. The molecular formula is C8H14N2O. The quantitative estimate of drug-likeness (QED) is 0.670. The molecular weight excluding hydrogens is 140 g/mol. The summed E-state index contributed by atoms with van der Waals surface area (Å²) in [7, 11) is 0. The Bertz CT molecular complexity index is 220. The van der Waals surface area contributed by atoms with Crippen LogP contribution < -0.4 is 0 Å². The average molecular weight is 154 g/mol. The van der Waals surface area contributed by atoms with E-state index in [4.69, 9.17) is 4.42 Å². The van der Waals surface area contributed by atoms with Gasteiger partial charge in [0.15, 0.2) is 0 Å². The van der Waals surface area contributed by atoms with Gasteiger partial charge in [0.25, 0.3) is 0 Å². The fourth-order valence-corrected chi connectivity index (χ4v) is 1.07. The molecule has 0 aliphatic rings. The first-order valence-electron chi connectivity index (χ1n) is 4.04. The Morgan fingerprint density at radius 1 is 1.45 bits per heavy atom. The van der Waals surface area contributed by atoms with Gasteiger partial charge in [0.05, 0.1) is 0 Å². The van der Waals surface area contributed by atoms with Crippen molar-refractivity contribution in [2.24, 2.45) is 0 Å². The highest BCUT2D eigenvalue weighted by Gasteiger charge is 2.10. The van der Waals surface area contributed by atoms with Crippen molar-refractivity contribution < 1.29 is 4.42 Å². The minimum atomic E-state index is 0.404. The smallest absolute Gasteiger partial charge is 0.219 e. The Morgan fingerprint density at radius 3 is 2.64 bits per heavy atom. The van der Waals surface area contributed by atoms with Crippen LogP contribution in [0, 0.1) is 6.92 Å². The van der Waals surface area contributed by atoms with E-state index < -0.39 is 0 Å². The number of nitrogens with zero attached hydrogens (tertiary/aromatic N) is 2. The van der Waals surface area contributed by atoms with Crippen LogP contribution in [0.5, 0.6) is 0 Å². The molecule has 0 amide bonds. The van der Waals surface area contributed by atoms with Gasteiger partial charge in [-0.05, 0) is 6.42 Å². The summed E-state index contributed by atoms with van der Waals surface area (Å²) in [6.07, 6.45) is 2.27. The summed E-state index contributed by atoms with van der Waals surface area (Å²) in [5.41, 5.74) is 0. The molecule has 0 saturated heterocycles. The van der Waals surface area contributed by atoms with Gasteiger partial charge in [0.2, 0.25) is 11.8 Å². The lowest BCUT2D eigenvalue weighted by Gasteiger charge is -2.01. The Balaban J connectivity index is 2.60. The van der Waals surface area contributed by atoms with Gasteiger partial charge in [-0.15, -0.1) is 10.2 Å².